The van der Waals surface area contributed by atoms with Gasteiger partial charge in [0.2, 0.25) is 0 Å². The molecule has 0 atom stereocenters. The van der Waals surface area contributed by atoms with E-state index in [4.69, 9.17) is 4.74 Å². The fourth-order valence-electron chi connectivity index (χ4n) is 1.83. The third-order valence-electron chi connectivity index (χ3n) is 2.67. The Labute approximate surface area is 102 Å². The molecule has 0 aliphatic carbocycles. The molecule has 3 heteroatoms. The van der Waals surface area contributed by atoms with E-state index in [1.54, 1.807) is 0 Å². The van der Waals surface area contributed by atoms with Crippen LogP contribution >= 0.6 is 0 Å². The molecule has 0 amide bonds. The van der Waals surface area contributed by atoms with E-state index in [1.165, 1.54) is 6.42 Å². The molecule has 0 spiro atoms. The Hall–Kier alpha value is -0.120. The van der Waals surface area contributed by atoms with Gasteiger partial charge < -0.3 is 10.1 Å². The highest BCUT2D eigenvalue weighted by atomic mass is 16.5. The van der Waals surface area contributed by atoms with E-state index in [-0.39, 0.29) is 0 Å². The molecule has 0 bridgehead atoms. The fourth-order valence-corrected chi connectivity index (χ4v) is 1.83. The van der Waals surface area contributed by atoms with Gasteiger partial charge in [0.05, 0.1) is 13.2 Å². The molecule has 0 radical (unpaired) electrons. The summed E-state index contributed by atoms with van der Waals surface area (Å²) in [6, 6.07) is 1.20. The first-order chi connectivity index (χ1) is 7.59. The van der Waals surface area contributed by atoms with Crippen molar-refractivity contribution in [1.82, 2.24) is 10.2 Å². The predicted molar refractivity (Wildman–Crippen MR) is 71.0 cm³/mol. The molecule has 16 heavy (non-hydrogen) atoms. The smallest absolute Gasteiger partial charge is 0.0594 e. The highest BCUT2D eigenvalue weighted by molar-refractivity contribution is 4.66. The number of rotatable bonds is 10. The number of nitrogens with zero attached hydrogens (tertiary/aromatic N) is 1. The minimum absolute atomic E-state index is 0.599. The normalized spacial score (nSPS) is 12.0. The molecular formula is C13H30N2O. The minimum atomic E-state index is 0.599. The highest BCUT2D eigenvalue weighted by Gasteiger charge is 2.12. The molecule has 0 fully saturated rings. The van der Waals surface area contributed by atoms with Gasteiger partial charge in [-0.25, -0.2) is 0 Å². The maximum absolute atomic E-state index is 5.61. The lowest BCUT2D eigenvalue weighted by molar-refractivity contribution is 0.0798. The average Bonchev–Trinajstić information content (AvgIpc) is 2.21. The van der Waals surface area contributed by atoms with Crippen molar-refractivity contribution in [2.45, 2.75) is 53.1 Å². The van der Waals surface area contributed by atoms with Crippen molar-refractivity contribution >= 4 is 0 Å². The number of nitrogens with one attached hydrogen (secondary N) is 1. The summed E-state index contributed by atoms with van der Waals surface area (Å²) in [6.45, 7) is 15.9. The number of hydrogen-bond donors (Lipinski definition) is 1. The molecule has 0 aliphatic rings. The quantitative estimate of drug-likeness (QED) is 0.582. The Balaban J connectivity index is 3.41. The molecule has 0 aromatic rings. The summed E-state index contributed by atoms with van der Waals surface area (Å²) in [5, 5.41) is 3.33. The van der Waals surface area contributed by atoms with Gasteiger partial charge in [0.25, 0.3) is 0 Å². The van der Waals surface area contributed by atoms with Crippen LogP contribution < -0.4 is 5.32 Å². The second-order valence-electron chi connectivity index (χ2n) is 4.79. The van der Waals surface area contributed by atoms with E-state index in [1.807, 2.05) is 0 Å². The topological polar surface area (TPSA) is 24.5 Å². The van der Waals surface area contributed by atoms with Crippen LogP contribution in [0.15, 0.2) is 0 Å². The van der Waals surface area contributed by atoms with Crippen molar-refractivity contribution in [3.05, 3.63) is 0 Å². The zero-order chi connectivity index (χ0) is 12.4. The van der Waals surface area contributed by atoms with Gasteiger partial charge in [-0.2, -0.15) is 0 Å². The number of ether oxygens (including phenoxy) is 1. The highest BCUT2D eigenvalue weighted by Crippen LogP contribution is 2.03. The van der Waals surface area contributed by atoms with Gasteiger partial charge in [-0.15, -0.1) is 0 Å². The molecule has 0 saturated heterocycles. The van der Waals surface area contributed by atoms with Crippen molar-refractivity contribution in [3.63, 3.8) is 0 Å². The zero-order valence-corrected chi connectivity index (χ0v) is 11.8. The molecule has 0 aromatic heterocycles. The van der Waals surface area contributed by atoms with Gasteiger partial charge in [-0.05, 0) is 40.7 Å². The van der Waals surface area contributed by atoms with E-state index in [0.29, 0.717) is 12.1 Å². The van der Waals surface area contributed by atoms with Gasteiger partial charge in [-0.3, -0.25) is 4.90 Å². The lowest BCUT2D eigenvalue weighted by Gasteiger charge is -2.30. The lowest BCUT2D eigenvalue weighted by atomic mass is 10.2. The molecule has 0 heterocycles. The van der Waals surface area contributed by atoms with Crippen molar-refractivity contribution in [3.8, 4) is 0 Å². The molecule has 0 aliphatic heterocycles. The fraction of sp³-hybridized carbons (Fsp3) is 1.00. The van der Waals surface area contributed by atoms with Crippen LogP contribution in [0.4, 0.5) is 0 Å². The summed E-state index contributed by atoms with van der Waals surface area (Å²) in [4.78, 5) is 2.46. The maximum atomic E-state index is 5.61. The number of hydrogen-bond acceptors (Lipinski definition) is 3. The summed E-state index contributed by atoms with van der Waals surface area (Å²) in [5.41, 5.74) is 0. The third kappa shape index (κ3) is 8.08. The summed E-state index contributed by atoms with van der Waals surface area (Å²) in [7, 11) is 0. The van der Waals surface area contributed by atoms with Gasteiger partial charge >= 0.3 is 0 Å². The molecule has 3 nitrogen and oxygen atoms in total. The Morgan fingerprint density at radius 3 is 2.12 bits per heavy atom. The first-order valence-electron chi connectivity index (χ1n) is 6.63. The monoisotopic (exact) mass is 230 g/mol. The van der Waals surface area contributed by atoms with Gasteiger partial charge in [0.1, 0.15) is 0 Å². The Morgan fingerprint density at radius 2 is 1.62 bits per heavy atom. The molecule has 0 unspecified atom stereocenters. The molecule has 0 saturated carbocycles. The van der Waals surface area contributed by atoms with Crippen LogP contribution in [0, 0.1) is 0 Å². The largest absolute Gasteiger partial charge is 0.379 e. The van der Waals surface area contributed by atoms with Crippen LogP contribution in [0.3, 0.4) is 0 Å². The predicted octanol–water partition coefficient (Wildman–Crippen LogP) is 2.12. The van der Waals surface area contributed by atoms with Crippen LogP contribution in [0.25, 0.3) is 0 Å². The molecule has 1 N–H and O–H groups in total. The second kappa shape index (κ2) is 10.1. The van der Waals surface area contributed by atoms with Crippen LogP contribution in [0.5, 0.6) is 0 Å². The molecule has 98 valence electrons. The first-order valence-corrected chi connectivity index (χ1v) is 6.63. The SMILES string of the molecule is CCCNCCOCCN(C(C)C)C(C)C. The van der Waals surface area contributed by atoms with Crippen LogP contribution in [0.2, 0.25) is 0 Å². The lowest BCUT2D eigenvalue weighted by Crippen LogP contribution is -2.39. The average molecular weight is 230 g/mol. The molecular weight excluding hydrogens is 200 g/mol. The van der Waals surface area contributed by atoms with Crippen molar-refractivity contribution in [1.29, 1.82) is 0 Å². The Morgan fingerprint density at radius 1 is 1.00 bits per heavy atom. The summed E-state index contributed by atoms with van der Waals surface area (Å²) in [6.07, 6.45) is 1.19. The second-order valence-corrected chi connectivity index (χ2v) is 4.79. The first kappa shape index (κ1) is 15.9. The van der Waals surface area contributed by atoms with Gasteiger partial charge in [-0.1, -0.05) is 6.92 Å². The summed E-state index contributed by atoms with van der Waals surface area (Å²) in [5.74, 6) is 0. The van der Waals surface area contributed by atoms with Crippen molar-refractivity contribution in [2.75, 3.05) is 32.8 Å². The summed E-state index contributed by atoms with van der Waals surface area (Å²) < 4.78 is 5.61. The van der Waals surface area contributed by atoms with E-state index < -0.39 is 0 Å². The molecule has 0 aromatic carbocycles. The van der Waals surface area contributed by atoms with Gasteiger partial charge in [0.15, 0.2) is 0 Å². The summed E-state index contributed by atoms with van der Waals surface area (Å²) >= 11 is 0. The zero-order valence-electron chi connectivity index (χ0n) is 11.8. The van der Waals surface area contributed by atoms with Crippen LogP contribution in [0.1, 0.15) is 41.0 Å². The molecule has 0 rings (SSSR count). The van der Waals surface area contributed by atoms with Crippen LogP contribution in [-0.4, -0.2) is 49.8 Å². The van der Waals surface area contributed by atoms with Crippen molar-refractivity contribution in [2.24, 2.45) is 0 Å². The van der Waals surface area contributed by atoms with E-state index in [2.05, 4.69) is 44.8 Å². The van der Waals surface area contributed by atoms with Gasteiger partial charge in [0, 0.05) is 25.2 Å². The third-order valence-corrected chi connectivity index (χ3v) is 2.67. The Bertz CT molecular complexity index is 141. The van der Waals surface area contributed by atoms with E-state index >= 15 is 0 Å². The maximum Gasteiger partial charge on any atom is 0.0594 e. The van der Waals surface area contributed by atoms with Crippen molar-refractivity contribution < 1.29 is 4.74 Å². The Kier molecular flexibility index (Phi) is 9.99. The van der Waals surface area contributed by atoms with E-state index in [9.17, 15) is 0 Å². The standard InChI is InChI=1S/C13H30N2O/c1-6-7-14-8-10-16-11-9-15(12(2)3)13(4)5/h12-14H,6-11H2,1-5H3. The minimum Gasteiger partial charge on any atom is -0.379 e. The van der Waals surface area contributed by atoms with E-state index in [0.717, 1.165) is 32.8 Å². The van der Waals surface area contributed by atoms with Crippen LogP contribution in [-0.2, 0) is 4.74 Å².